The van der Waals surface area contributed by atoms with Gasteiger partial charge in [0.2, 0.25) is 5.91 Å². The average molecular weight is 710 g/mol. The van der Waals surface area contributed by atoms with Crippen molar-refractivity contribution in [1.29, 1.82) is 0 Å². The normalized spacial score (nSPS) is 23.0. The molecule has 0 bridgehead atoms. The van der Waals surface area contributed by atoms with E-state index in [2.05, 4.69) is 23.3 Å². The van der Waals surface area contributed by atoms with Gasteiger partial charge in [0.15, 0.2) is 6.29 Å². The second-order valence-electron chi connectivity index (χ2n) is 13.2. The molecule has 12 nitrogen and oxygen atoms in total. The molecule has 1 heterocycles. The van der Waals surface area contributed by atoms with Crippen LogP contribution in [0.3, 0.4) is 0 Å². The van der Waals surface area contributed by atoms with Gasteiger partial charge in [0, 0.05) is 6.42 Å². The highest BCUT2D eigenvalue weighted by Crippen LogP contribution is 2.26. The lowest BCUT2D eigenvalue weighted by atomic mass is 9.99. The topological polar surface area (TPSA) is 192 Å². The third kappa shape index (κ3) is 21.1. The Hall–Kier alpha value is -1.16. The van der Waals surface area contributed by atoms with Crippen LogP contribution in [-0.2, 0) is 28.9 Å². The minimum atomic E-state index is -5.07. The number of unbranched alkanes of at least 4 members (excludes halogenated alkanes) is 18. The Morgan fingerprint density at radius 3 is 1.81 bits per heavy atom. The molecular weight excluding hydrogens is 642 g/mol. The lowest BCUT2D eigenvalue weighted by Crippen LogP contribution is -2.61. The molecule has 7 atom stereocenters. The van der Waals surface area contributed by atoms with Gasteiger partial charge >= 0.3 is 10.4 Å². The quantitative estimate of drug-likeness (QED) is 0.0324. The number of carbonyl (C=O) groups is 1. The monoisotopic (exact) mass is 709 g/mol. The molecule has 6 N–H and O–H groups in total. The van der Waals surface area contributed by atoms with E-state index in [1.54, 1.807) is 6.08 Å². The Balaban J connectivity index is 2.67. The lowest BCUT2D eigenvalue weighted by Gasteiger charge is -2.41. The summed E-state index contributed by atoms with van der Waals surface area (Å²) in [4.78, 5) is 12.9. The minimum absolute atomic E-state index is 0.267. The molecule has 1 aliphatic rings. The summed E-state index contributed by atoms with van der Waals surface area (Å²) in [6, 6.07) is -0.934. The van der Waals surface area contributed by atoms with Gasteiger partial charge in [0.05, 0.1) is 25.4 Å². The molecule has 1 saturated heterocycles. The van der Waals surface area contributed by atoms with Crippen LogP contribution in [0.25, 0.3) is 0 Å². The fourth-order valence-electron chi connectivity index (χ4n) is 5.86. The zero-order chi connectivity index (χ0) is 35.6. The summed E-state index contributed by atoms with van der Waals surface area (Å²) >= 11 is 0. The van der Waals surface area contributed by atoms with Gasteiger partial charge in [-0.2, -0.15) is 8.42 Å². The summed E-state index contributed by atoms with van der Waals surface area (Å²) in [5.41, 5.74) is 0. The largest absolute Gasteiger partial charge is 0.397 e. The average Bonchev–Trinajstić information content (AvgIpc) is 3.04. The van der Waals surface area contributed by atoms with Crippen LogP contribution in [0.15, 0.2) is 12.2 Å². The number of amides is 1. The van der Waals surface area contributed by atoms with Crippen LogP contribution < -0.4 is 5.32 Å². The van der Waals surface area contributed by atoms with Crippen LogP contribution in [0.4, 0.5) is 0 Å². The first-order valence-electron chi connectivity index (χ1n) is 18.6. The summed E-state index contributed by atoms with van der Waals surface area (Å²) in [6.07, 6.45) is 17.0. The molecule has 7 unspecified atom stereocenters. The predicted octanol–water partition coefficient (Wildman–Crippen LogP) is 5.26. The molecule has 1 fully saturated rings. The van der Waals surface area contributed by atoms with Crippen molar-refractivity contribution in [2.45, 2.75) is 192 Å². The van der Waals surface area contributed by atoms with Crippen molar-refractivity contribution in [2.24, 2.45) is 0 Å². The molecule has 0 aromatic rings. The maximum atomic E-state index is 12.9. The van der Waals surface area contributed by atoms with E-state index in [0.29, 0.717) is 6.42 Å². The van der Waals surface area contributed by atoms with Gasteiger partial charge in [0.25, 0.3) is 0 Å². The summed E-state index contributed by atoms with van der Waals surface area (Å²) < 4.78 is 47.2. The van der Waals surface area contributed by atoms with Crippen LogP contribution in [0, 0.1) is 0 Å². The number of nitrogens with one attached hydrogen (secondary N) is 1. The number of hydrogen-bond acceptors (Lipinski definition) is 10. The summed E-state index contributed by atoms with van der Waals surface area (Å²) in [5, 5.41) is 44.3. The number of aliphatic hydroxyl groups is 4. The van der Waals surface area contributed by atoms with Crippen molar-refractivity contribution in [1.82, 2.24) is 5.32 Å². The molecule has 1 rings (SSSR count). The number of ether oxygens (including phenoxy) is 2. The van der Waals surface area contributed by atoms with Gasteiger partial charge in [-0.05, 0) is 19.3 Å². The van der Waals surface area contributed by atoms with Crippen LogP contribution in [0.1, 0.15) is 149 Å². The van der Waals surface area contributed by atoms with E-state index >= 15 is 0 Å². The van der Waals surface area contributed by atoms with E-state index in [-0.39, 0.29) is 18.9 Å². The predicted molar refractivity (Wildman–Crippen MR) is 186 cm³/mol. The van der Waals surface area contributed by atoms with E-state index in [1.807, 2.05) is 6.08 Å². The van der Waals surface area contributed by atoms with Crippen LogP contribution in [0.2, 0.25) is 0 Å². The molecular formula is C35H67NO11S. The van der Waals surface area contributed by atoms with Gasteiger partial charge in [-0.3, -0.25) is 9.35 Å². The van der Waals surface area contributed by atoms with Crippen molar-refractivity contribution < 1.29 is 51.8 Å². The Bertz CT molecular complexity index is 935. The third-order valence-electron chi connectivity index (χ3n) is 8.82. The highest BCUT2D eigenvalue weighted by Gasteiger charge is 2.48. The molecule has 48 heavy (non-hydrogen) atoms. The Morgan fingerprint density at radius 1 is 0.812 bits per heavy atom. The smallest absolute Gasteiger partial charge is 0.394 e. The number of hydrogen-bond donors (Lipinski definition) is 6. The van der Waals surface area contributed by atoms with Gasteiger partial charge in [-0.25, -0.2) is 4.18 Å². The van der Waals surface area contributed by atoms with Crippen molar-refractivity contribution in [2.75, 3.05) is 13.2 Å². The van der Waals surface area contributed by atoms with Gasteiger partial charge in [-0.15, -0.1) is 0 Å². The second kappa shape index (κ2) is 27.5. The van der Waals surface area contributed by atoms with E-state index in [0.717, 1.165) is 38.5 Å². The summed E-state index contributed by atoms with van der Waals surface area (Å²) in [5.74, 6) is -0.267. The first-order valence-corrected chi connectivity index (χ1v) is 19.9. The second-order valence-corrected chi connectivity index (χ2v) is 14.2. The van der Waals surface area contributed by atoms with Crippen LogP contribution in [0.5, 0.6) is 0 Å². The maximum absolute atomic E-state index is 12.9. The zero-order valence-corrected chi connectivity index (χ0v) is 30.4. The minimum Gasteiger partial charge on any atom is -0.394 e. The summed E-state index contributed by atoms with van der Waals surface area (Å²) in [7, 11) is -5.07. The van der Waals surface area contributed by atoms with E-state index < -0.39 is 59.9 Å². The van der Waals surface area contributed by atoms with Crippen molar-refractivity contribution in [3.05, 3.63) is 12.2 Å². The Labute approximate surface area is 290 Å². The third-order valence-corrected chi connectivity index (χ3v) is 9.28. The van der Waals surface area contributed by atoms with Crippen LogP contribution >= 0.6 is 0 Å². The Morgan fingerprint density at radius 2 is 1.31 bits per heavy atom. The lowest BCUT2D eigenvalue weighted by molar-refractivity contribution is -0.298. The molecule has 0 saturated carbocycles. The van der Waals surface area contributed by atoms with E-state index in [4.69, 9.17) is 14.0 Å². The Kier molecular flexibility index (Phi) is 25.7. The molecule has 0 radical (unpaired) electrons. The SMILES string of the molecule is CCCCCCCCCC/C=C/C(O)C(COC1OC(CO)C(O)C(OS(=O)(=O)O)C1O)NC(=O)CCCCCCCCCCCCC. The molecule has 0 aromatic carbocycles. The highest BCUT2D eigenvalue weighted by atomic mass is 32.3. The van der Waals surface area contributed by atoms with Gasteiger partial charge in [-0.1, -0.05) is 135 Å². The number of carbonyl (C=O) groups excluding carboxylic acids is 1. The molecule has 1 amide bonds. The molecule has 0 aromatic heterocycles. The highest BCUT2D eigenvalue weighted by molar-refractivity contribution is 7.80. The fourth-order valence-corrected chi connectivity index (χ4v) is 6.37. The molecule has 13 heteroatoms. The van der Waals surface area contributed by atoms with Crippen LogP contribution in [-0.4, -0.2) is 95.4 Å². The standard InChI is InChI=1S/C35H67NO11S/c1-3-5-7-9-11-13-15-17-19-21-23-25-31(39)36-28(29(38)24-22-20-18-16-14-12-10-8-6-4-2)27-45-35-33(41)34(47-48(42,43)44)32(40)30(26-37)46-35/h22,24,28-30,32-35,37-38,40-41H,3-21,23,25-27H2,1-2H3,(H,36,39)(H,42,43,44)/b24-22+. The van der Waals surface area contributed by atoms with Gasteiger partial charge < -0.3 is 35.2 Å². The summed E-state index contributed by atoms with van der Waals surface area (Å²) in [6.45, 7) is 3.31. The zero-order valence-electron chi connectivity index (χ0n) is 29.6. The number of aliphatic hydroxyl groups excluding tert-OH is 4. The molecule has 1 aliphatic heterocycles. The number of rotatable bonds is 30. The maximum Gasteiger partial charge on any atom is 0.397 e. The molecule has 0 spiro atoms. The van der Waals surface area contributed by atoms with Crippen molar-refractivity contribution in [3.63, 3.8) is 0 Å². The molecule has 0 aliphatic carbocycles. The van der Waals surface area contributed by atoms with Gasteiger partial charge in [0.1, 0.15) is 24.4 Å². The van der Waals surface area contributed by atoms with E-state index in [1.165, 1.54) is 83.5 Å². The first-order chi connectivity index (χ1) is 23.0. The first kappa shape index (κ1) is 44.9. The van der Waals surface area contributed by atoms with E-state index in [9.17, 15) is 33.6 Å². The fraction of sp³-hybridized carbons (Fsp3) is 0.914. The van der Waals surface area contributed by atoms with Crippen molar-refractivity contribution in [3.8, 4) is 0 Å². The molecule has 284 valence electrons. The van der Waals surface area contributed by atoms with Crippen molar-refractivity contribution >= 4 is 16.3 Å². The number of allylic oxidation sites excluding steroid dienone is 1.